The zero-order valence-corrected chi connectivity index (χ0v) is 20.9. The van der Waals surface area contributed by atoms with E-state index in [1.54, 1.807) is 44.4 Å². The molecule has 1 heterocycles. The summed E-state index contributed by atoms with van der Waals surface area (Å²) in [5, 5.41) is 2.78. The van der Waals surface area contributed by atoms with Crippen molar-refractivity contribution in [1.82, 2.24) is 9.21 Å². The van der Waals surface area contributed by atoms with Crippen molar-refractivity contribution in [3.63, 3.8) is 0 Å². The van der Waals surface area contributed by atoms with Gasteiger partial charge in [0.25, 0.3) is 5.91 Å². The first-order chi connectivity index (χ1) is 16.2. The number of ether oxygens (including phenoxy) is 1. The minimum absolute atomic E-state index is 0.0423. The number of nitrogens with one attached hydrogen (secondary N) is 1. The number of methoxy groups -OCH3 is 1. The van der Waals surface area contributed by atoms with E-state index in [0.717, 1.165) is 30.2 Å². The highest BCUT2D eigenvalue weighted by molar-refractivity contribution is 7.89. The third kappa shape index (κ3) is 5.68. The van der Waals surface area contributed by atoms with Crippen molar-refractivity contribution in [3.05, 3.63) is 48.0 Å². The first-order valence-electron chi connectivity index (χ1n) is 11.2. The van der Waals surface area contributed by atoms with E-state index in [1.807, 2.05) is 0 Å². The van der Waals surface area contributed by atoms with Crippen LogP contribution in [0.2, 0.25) is 0 Å². The molecule has 0 bridgehead atoms. The third-order valence-electron chi connectivity index (χ3n) is 5.78. The summed E-state index contributed by atoms with van der Waals surface area (Å²) >= 11 is 0. The van der Waals surface area contributed by atoms with Crippen LogP contribution in [-0.2, 0) is 14.8 Å². The highest BCUT2D eigenvalue weighted by atomic mass is 32.2. The largest absolute Gasteiger partial charge is 0.497 e. The first kappa shape index (κ1) is 25.5. The van der Waals surface area contributed by atoms with Gasteiger partial charge in [0, 0.05) is 51.2 Å². The molecular weight excluding hydrogens is 456 g/mol. The van der Waals surface area contributed by atoms with Gasteiger partial charge >= 0.3 is 0 Å². The van der Waals surface area contributed by atoms with Crippen molar-refractivity contribution >= 4 is 33.2 Å². The Morgan fingerprint density at radius 2 is 1.79 bits per heavy atom. The van der Waals surface area contributed by atoms with Crippen LogP contribution in [0.4, 0.5) is 11.4 Å². The van der Waals surface area contributed by atoms with Crippen molar-refractivity contribution in [2.45, 2.75) is 24.7 Å². The van der Waals surface area contributed by atoms with Crippen molar-refractivity contribution in [3.8, 4) is 5.75 Å². The average molecular weight is 489 g/mol. The monoisotopic (exact) mass is 488 g/mol. The molecule has 0 unspecified atom stereocenters. The second-order valence-corrected chi connectivity index (χ2v) is 10.4. The summed E-state index contributed by atoms with van der Waals surface area (Å²) in [6, 6.07) is 11.6. The van der Waals surface area contributed by atoms with Crippen LogP contribution in [-0.4, -0.2) is 76.8 Å². The highest BCUT2D eigenvalue weighted by Gasteiger charge is 2.27. The molecule has 10 heteroatoms. The quantitative estimate of drug-likeness (QED) is 0.583. The Balaban J connectivity index is 1.89. The van der Waals surface area contributed by atoms with Crippen LogP contribution in [0, 0.1) is 0 Å². The maximum absolute atomic E-state index is 13.6. The molecule has 2 aromatic carbocycles. The molecule has 0 aliphatic carbocycles. The molecule has 184 valence electrons. The smallest absolute Gasteiger partial charge is 0.256 e. The fourth-order valence-corrected chi connectivity index (χ4v) is 4.79. The Hall–Kier alpha value is -3.11. The lowest BCUT2D eigenvalue weighted by Crippen LogP contribution is -2.38. The molecule has 1 saturated heterocycles. The third-order valence-corrected chi connectivity index (χ3v) is 7.59. The molecule has 9 nitrogen and oxygen atoms in total. The number of benzene rings is 2. The second kappa shape index (κ2) is 10.9. The van der Waals surface area contributed by atoms with E-state index in [-0.39, 0.29) is 35.4 Å². The van der Waals surface area contributed by atoms with Crippen LogP contribution < -0.4 is 15.0 Å². The molecule has 2 aromatic rings. The normalized spacial score (nSPS) is 13.7. The average Bonchev–Trinajstić information content (AvgIpc) is 3.36. The van der Waals surface area contributed by atoms with Gasteiger partial charge in [-0.25, -0.2) is 12.7 Å². The fraction of sp³-hybridized carbons (Fsp3) is 0.417. The van der Waals surface area contributed by atoms with E-state index in [4.69, 9.17) is 4.74 Å². The van der Waals surface area contributed by atoms with E-state index in [9.17, 15) is 18.0 Å². The van der Waals surface area contributed by atoms with E-state index >= 15 is 0 Å². The van der Waals surface area contributed by atoms with Crippen molar-refractivity contribution in [1.29, 1.82) is 0 Å². The topological polar surface area (TPSA) is 99.3 Å². The lowest BCUT2D eigenvalue weighted by molar-refractivity contribution is -0.116. The molecule has 1 fully saturated rings. The number of anilines is 2. The summed E-state index contributed by atoms with van der Waals surface area (Å²) < 4.78 is 31.7. The minimum atomic E-state index is -3.72. The van der Waals surface area contributed by atoms with Crippen LogP contribution >= 0.6 is 0 Å². The van der Waals surface area contributed by atoms with Gasteiger partial charge in [0.1, 0.15) is 12.3 Å². The van der Waals surface area contributed by atoms with Crippen LogP contribution in [0.1, 0.15) is 30.1 Å². The Kier molecular flexibility index (Phi) is 8.16. The number of rotatable bonds is 9. The standard InChI is InChI=1S/C24H32N4O5S/c1-5-27(17-23(29)25-18-9-8-10-19(15-18)33-4)24(30)21-16-20(34(31,32)26(2)3)11-12-22(21)28-13-6-7-14-28/h8-12,15-16H,5-7,13-14,17H2,1-4H3,(H,25,29). The van der Waals surface area contributed by atoms with Gasteiger partial charge in [0.2, 0.25) is 15.9 Å². The fourth-order valence-electron chi connectivity index (χ4n) is 3.86. The number of hydrogen-bond acceptors (Lipinski definition) is 6. The van der Waals surface area contributed by atoms with E-state index in [1.165, 1.54) is 31.1 Å². The zero-order valence-electron chi connectivity index (χ0n) is 20.1. The second-order valence-electron chi connectivity index (χ2n) is 8.26. The number of sulfonamides is 1. The van der Waals surface area contributed by atoms with Gasteiger partial charge < -0.3 is 19.9 Å². The number of nitrogens with zero attached hydrogens (tertiary/aromatic N) is 3. The lowest BCUT2D eigenvalue weighted by Gasteiger charge is -2.26. The maximum atomic E-state index is 13.6. The SMILES string of the molecule is CCN(CC(=O)Nc1cccc(OC)c1)C(=O)c1cc(S(=O)(=O)N(C)C)ccc1N1CCCC1. The summed E-state index contributed by atoms with van der Waals surface area (Å²) in [5.74, 6) is -0.139. The van der Waals surface area contributed by atoms with Crippen molar-refractivity contribution in [2.75, 3.05) is 57.6 Å². The van der Waals surface area contributed by atoms with Gasteiger partial charge in [-0.3, -0.25) is 9.59 Å². The van der Waals surface area contributed by atoms with Crippen LogP contribution in [0.5, 0.6) is 5.75 Å². The predicted molar refractivity (Wildman–Crippen MR) is 132 cm³/mol. The zero-order chi connectivity index (χ0) is 24.9. The number of hydrogen-bond donors (Lipinski definition) is 1. The molecule has 1 aliphatic rings. The molecule has 0 radical (unpaired) electrons. The van der Waals surface area contributed by atoms with Crippen molar-refractivity contribution in [2.24, 2.45) is 0 Å². The molecule has 0 saturated carbocycles. The predicted octanol–water partition coefficient (Wildman–Crippen LogP) is 2.65. The Morgan fingerprint density at radius 1 is 1.09 bits per heavy atom. The number of carbonyl (C=O) groups excluding carboxylic acids is 2. The molecule has 1 aliphatic heterocycles. The van der Waals surface area contributed by atoms with Gasteiger partial charge in [-0.2, -0.15) is 0 Å². The van der Waals surface area contributed by atoms with Gasteiger partial charge in [-0.15, -0.1) is 0 Å². The summed E-state index contributed by atoms with van der Waals surface area (Å²) in [5.41, 5.74) is 1.53. The van der Waals surface area contributed by atoms with E-state index < -0.39 is 10.0 Å². The van der Waals surface area contributed by atoms with Crippen molar-refractivity contribution < 1.29 is 22.7 Å². The Labute approximate surface area is 201 Å². The summed E-state index contributed by atoms with van der Waals surface area (Å²) in [7, 11) is 0.721. The summed E-state index contributed by atoms with van der Waals surface area (Å²) in [6.07, 6.45) is 2.01. The van der Waals surface area contributed by atoms with Crippen LogP contribution in [0.3, 0.4) is 0 Å². The molecule has 0 atom stereocenters. The van der Waals surface area contributed by atoms with Crippen LogP contribution in [0.25, 0.3) is 0 Å². The highest BCUT2D eigenvalue weighted by Crippen LogP contribution is 2.29. The molecule has 1 N–H and O–H groups in total. The van der Waals surface area contributed by atoms with Gasteiger partial charge in [0.05, 0.1) is 17.6 Å². The number of carbonyl (C=O) groups is 2. The minimum Gasteiger partial charge on any atom is -0.497 e. The molecule has 2 amide bonds. The molecule has 0 spiro atoms. The lowest BCUT2D eigenvalue weighted by atomic mass is 10.1. The number of amides is 2. The van der Waals surface area contributed by atoms with E-state index in [2.05, 4.69) is 10.2 Å². The maximum Gasteiger partial charge on any atom is 0.256 e. The summed E-state index contributed by atoms with van der Waals surface area (Å²) in [4.78, 5) is 29.8. The Bertz CT molecular complexity index is 1140. The first-order valence-corrected chi connectivity index (χ1v) is 12.7. The Morgan fingerprint density at radius 3 is 2.41 bits per heavy atom. The van der Waals surface area contributed by atoms with Gasteiger partial charge in [-0.1, -0.05) is 6.07 Å². The molecular formula is C24H32N4O5S. The molecule has 34 heavy (non-hydrogen) atoms. The van der Waals surface area contributed by atoms with Gasteiger partial charge in [-0.05, 0) is 50.1 Å². The number of likely N-dealkylation sites (N-methyl/N-ethyl adjacent to an activating group) is 1. The van der Waals surface area contributed by atoms with Crippen LogP contribution in [0.15, 0.2) is 47.4 Å². The van der Waals surface area contributed by atoms with Gasteiger partial charge in [0.15, 0.2) is 0 Å². The van der Waals surface area contributed by atoms with E-state index in [0.29, 0.717) is 17.1 Å². The summed E-state index contributed by atoms with van der Waals surface area (Å²) in [6.45, 7) is 3.49. The molecule has 3 rings (SSSR count). The molecule has 0 aromatic heterocycles.